The van der Waals surface area contributed by atoms with Gasteiger partial charge in [-0.3, -0.25) is 0 Å². The maximum atomic E-state index is 4.39. The Bertz CT molecular complexity index is 600. The predicted octanol–water partition coefficient (Wildman–Crippen LogP) is 2.60. The summed E-state index contributed by atoms with van der Waals surface area (Å²) < 4.78 is 6.45. The predicted molar refractivity (Wildman–Crippen MR) is 70.3 cm³/mol. The Morgan fingerprint density at radius 2 is 2.24 bits per heavy atom. The molecule has 86 valence electrons. The van der Waals surface area contributed by atoms with E-state index in [2.05, 4.69) is 25.3 Å². The van der Waals surface area contributed by atoms with Crippen molar-refractivity contribution in [3.05, 3.63) is 43.0 Å². The number of anilines is 1. The lowest BCUT2D eigenvalue weighted by Crippen LogP contribution is -2.08. The monoisotopic (exact) mass is 244 g/mol. The van der Waals surface area contributed by atoms with Gasteiger partial charge >= 0.3 is 0 Å². The van der Waals surface area contributed by atoms with E-state index >= 15 is 0 Å². The van der Waals surface area contributed by atoms with Crippen LogP contribution >= 0.6 is 11.5 Å². The summed E-state index contributed by atoms with van der Waals surface area (Å²) in [7, 11) is 0. The summed E-state index contributed by atoms with van der Waals surface area (Å²) in [6.07, 6.45) is 5.58. The molecule has 1 aromatic carbocycles. The molecular formula is C12H12N4S. The first kappa shape index (κ1) is 10.3. The van der Waals surface area contributed by atoms with Crippen LogP contribution in [0.2, 0.25) is 0 Å². The third-order valence-corrected chi connectivity index (χ3v) is 3.43. The Hall–Kier alpha value is -1.88. The van der Waals surface area contributed by atoms with Crippen molar-refractivity contribution in [2.45, 2.75) is 6.54 Å². The molecule has 3 rings (SSSR count). The van der Waals surface area contributed by atoms with Crippen molar-refractivity contribution in [2.75, 3.05) is 11.9 Å². The number of imidazole rings is 1. The Morgan fingerprint density at radius 3 is 3.12 bits per heavy atom. The zero-order valence-electron chi connectivity index (χ0n) is 9.21. The summed E-state index contributed by atoms with van der Waals surface area (Å²) in [5.74, 6) is 0. The summed E-state index contributed by atoms with van der Waals surface area (Å²) in [5.41, 5.74) is 1.06. The van der Waals surface area contributed by atoms with E-state index in [1.807, 2.05) is 30.7 Å². The standard InChI is InChI=1S/C12H12N4S/c1-2-4-11-10(3-1)12(17-15-11)14-6-8-16-7-5-13-9-16/h1-5,7,9,14H,6,8H2. The van der Waals surface area contributed by atoms with E-state index in [9.17, 15) is 0 Å². The zero-order valence-corrected chi connectivity index (χ0v) is 10.0. The highest BCUT2D eigenvalue weighted by Gasteiger charge is 2.03. The smallest absolute Gasteiger partial charge is 0.117 e. The minimum absolute atomic E-state index is 0.878. The summed E-state index contributed by atoms with van der Waals surface area (Å²) in [6, 6.07) is 8.18. The summed E-state index contributed by atoms with van der Waals surface area (Å²) in [5, 5.41) is 5.75. The SMILES string of the molecule is c1ccc2c(NCCn3ccnc3)snc2c1. The summed E-state index contributed by atoms with van der Waals surface area (Å²) in [4.78, 5) is 4.01. The Labute approximate surface area is 103 Å². The fourth-order valence-corrected chi connectivity index (χ4v) is 2.52. The number of fused-ring (bicyclic) bond motifs is 1. The topological polar surface area (TPSA) is 42.7 Å². The van der Waals surface area contributed by atoms with E-state index < -0.39 is 0 Å². The lowest BCUT2D eigenvalue weighted by atomic mass is 10.2. The van der Waals surface area contributed by atoms with Gasteiger partial charge in [0.05, 0.1) is 11.8 Å². The first-order valence-electron chi connectivity index (χ1n) is 5.47. The van der Waals surface area contributed by atoms with Crippen LogP contribution in [0.5, 0.6) is 0 Å². The molecule has 0 fully saturated rings. The molecule has 0 saturated heterocycles. The molecule has 0 amide bonds. The van der Waals surface area contributed by atoms with Crippen LogP contribution in [0.1, 0.15) is 0 Å². The molecule has 0 spiro atoms. The van der Waals surface area contributed by atoms with Gasteiger partial charge in [0.2, 0.25) is 0 Å². The molecule has 2 aromatic heterocycles. The van der Waals surface area contributed by atoms with Gasteiger partial charge in [-0.1, -0.05) is 12.1 Å². The maximum absolute atomic E-state index is 4.39. The second-order valence-electron chi connectivity index (χ2n) is 3.76. The second kappa shape index (κ2) is 4.55. The Morgan fingerprint density at radius 1 is 1.29 bits per heavy atom. The van der Waals surface area contributed by atoms with Crippen molar-refractivity contribution in [1.82, 2.24) is 13.9 Å². The number of nitrogens with zero attached hydrogens (tertiary/aromatic N) is 3. The molecule has 0 unspecified atom stereocenters. The van der Waals surface area contributed by atoms with E-state index in [4.69, 9.17) is 0 Å². The van der Waals surface area contributed by atoms with Gasteiger partial charge in [0, 0.05) is 30.9 Å². The summed E-state index contributed by atoms with van der Waals surface area (Å²) in [6.45, 7) is 1.79. The number of benzene rings is 1. The normalized spacial score (nSPS) is 10.8. The van der Waals surface area contributed by atoms with E-state index in [1.54, 1.807) is 6.20 Å². The quantitative estimate of drug-likeness (QED) is 0.767. The van der Waals surface area contributed by atoms with Crippen LogP contribution in [-0.2, 0) is 6.54 Å². The Balaban J connectivity index is 1.69. The van der Waals surface area contributed by atoms with Crippen LogP contribution in [0.15, 0.2) is 43.0 Å². The highest BCUT2D eigenvalue weighted by Crippen LogP contribution is 2.26. The van der Waals surface area contributed by atoms with Crippen LogP contribution in [0.3, 0.4) is 0 Å². The van der Waals surface area contributed by atoms with E-state index in [0.29, 0.717) is 0 Å². The molecule has 3 aromatic rings. The first-order chi connectivity index (χ1) is 8.43. The van der Waals surface area contributed by atoms with Crippen molar-refractivity contribution in [3.8, 4) is 0 Å². The minimum Gasteiger partial charge on any atom is -0.373 e. The van der Waals surface area contributed by atoms with Crippen LogP contribution < -0.4 is 5.32 Å². The van der Waals surface area contributed by atoms with Crippen molar-refractivity contribution in [2.24, 2.45) is 0 Å². The fraction of sp³-hybridized carbons (Fsp3) is 0.167. The van der Waals surface area contributed by atoms with Crippen LogP contribution in [0.25, 0.3) is 10.9 Å². The molecular weight excluding hydrogens is 232 g/mol. The molecule has 4 nitrogen and oxygen atoms in total. The van der Waals surface area contributed by atoms with Gasteiger partial charge in [0.15, 0.2) is 0 Å². The van der Waals surface area contributed by atoms with Crippen molar-refractivity contribution >= 4 is 27.4 Å². The van der Waals surface area contributed by atoms with Gasteiger partial charge in [-0.25, -0.2) is 4.98 Å². The first-order valence-corrected chi connectivity index (χ1v) is 6.25. The summed E-state index contributed by atoms with van der Waals surface area (Å²) >= 11 is 1.51. The van der Waals surface area contributed by atoms with Gasteiger partial charge in [-0.15, -0.1) is 0 Å². The highest BCUT2D eigenvalue weighted by atomic mass is 32.1. The molecule has 0 aliphatic carbocycles. The van der Waals surface area contributed by atoms with Crippen LogP contribution in [-0.4, -0.2) is 20.5 Å². The molecule has 0 bridgehead atoms. The van der Waals surface area contributed by atoms with Crippen LogP contribution in [0.4, 0.5) is 5.00 Å². The van der Waals surface area contributed by atoms with Crippen molar-refractivity contribution in [1.29, 1.82) is 0 Å². The van der Waals surface area contributed by atoms with Gasteiger partial charge in [0.1, 0.15) is 5.00 Å². The number of hydrogen-bond donors (Lipinski definition) is 1. The molecule has 5 heteroatoms. The molecule has 2 heterocycles. The van der Waals surface area contributed by atoms with Gasteiger partial charge < -0.3 is 9.88 Å². The molecule has 17 heavy (non-hydrogen) atoms. The molecule has 0 saturated carbocycles. The number of hydrogen-bond acceptors (Lipinski definition) is 4. The van der Waals surface area contributed by atoms with Gasteiger partial charge in [-0.05, 0) is 23.7 Å². The molecule has 1 N–H and O–H groups in total. The molecule has 0 aliphatic heterocycles. The number of rotatable bonds is 4. The largest absolute Gasteiger partial charge is 0.373 e. The van der Waals surface area contributed by atoms with Gasteiger partial charge in [0.25, 0.3) is 0 Å². The lowest BCUT2D eigenvalue weighted by Gasteiger charge is -2.04. The zero-order chi connectivity index (χ0) is 11.5. The number of aromatic nitrogens is 3. The van der Waals surface area contributed by atoms with E-state index in [-0.39, 0.29) is 0 Å². The van der Waals surface area contributed by atoms with Crippen molar-refractivity contribution < 1.29 is 0 Å². The van der Waals surface area contributed by atoms with Crippen molar-refractivity contribution in [3.63, 3.8) is 0 Å². The molecule has 0 radical (unpaired) electrons. The third-order valence-electron chi connectivity index (χ3n) is 2.60. The second-order valence-corrected chi connectivity index (χ2v) is 4.53. The Kier molecular flexibility index (Phi) is 2.75. The fourth-order valence-electron chi connectivity index (χ4n) is 1.73. The lowest BCUT2D eigenvalue weighted by molar-refractivity contribution is 0.728. The average molecular weight is 244 g/mol. The highest BCUT2D eigenvalue weighted by molar-refractivity contribution is 7.11. The average Bonchev–Trinajstić information content (AvgIpc) is 2.99. The third kappa shape index (κ3) is 2.14. The maximum Gasteiger partial charge on any atom is 0.117 e. The van der Waals surface area contributed by atoms with E-state index in [1.165, 1.54) is 16.9 Å². The minimum atomic E-state index is 0.878. The molecule has 0 atom stereocenters. The number of nitrogens with one attached hydrogen (secondary N) is 1. The molecule has 0 aliphatic rings. The van der Waals surface area contributed by atoms with Crippen LogP contribution in [0, 0.1) is 0 Å². The van der Waals surface area contributed by atoms with Gasteiger partial charge in [-0.2, -0.15) is 4.37 Å². The van der Waals surface area contributed by atoms with E-state index in [0.717, 1.165) is 23.6 Å².